The minimum atomic E-state index is -0.784. The van der Waals surface area contributed by atoms with Crippen LogP contribution in [0.25, 0.3) is 0 Å². The molecule has 1 saturated heterocycles. The van der Waals surface area contributed by atoms with E-state index < -0.39 is 11.5 Å². The van der Waals surface area contributed by atoms with Crippen molar-refractivity contribution in [3.8, 4) is 0 Å². The summed E-state index contributed by atoms with van der Waals surface area (Å²) in [6.07, 6.45) is 1.49. The lowest BCUT2D eigenvalue weighted by atomic mass is 9.98. The van der Waals surface area contributed by atoms with E-state index in [0.29, 0.717) is 18.9 Å². The Morgan fingerprint density at radius 2 is 2.25 bits per heavy atom. The highest BCUT2D eigenvalue weighted by Gasteiger charge is 2.39. The minimum absolute atomic E-state index is 0.103. The van der Waals surface area contributed by atoms with E-state index in [1.807, 2.05) is 0 Å². The van der Waals surface area contributed by atoms with Gasteiger partial charge in [0.25, 0.3) is 0 Å². The number of aromatic nitrogens is 1. The maximum atomic E-state index is 12.0. The Kier molecular flexibility index (Phi) is 3.52. The fraction of sp³-hybridized carbons (Fsp3) is 0.462. The van der Waals surface area contributed by atoms with Gasteiger partial charge in [-0.25, -0.2) is 9.78 Å². The molecule has 2 rings (SSSR count). The van der Waals surface area contributed by atoms with Crippen LogP contribution in [0.4, 0.5) is 11.5 Å². The predicted octanol–water partition coefficient (Wildman–Crippen LogP) is 0.165. The number of nitrogen functional groups attached to an aromatic ring is 1. The number of carbonyl (C=O) groups is 2. The second kappa shape index (κ2) is 4.99. The standard InChI is InChI=1S/C13H18N4O3/c1-13(2)12(19)16-6-7-17(13)10-9(14)8(4-5-15-10)11(18)20-3/h4-5H,6-7,14H2,1-3H3,(H,16,19). The van der Waals surface area contributed by atoms with Gasteiger partial charge in [-0.15, -0.1) is 0 Å². The molecule has 2 heterocycles. The smallest absolute Gasteiger partial charge is 0.340 e. The normalized spacial score (nSPS) is 17.6. The molecule has 1 aliphatic heterocycles. The van der Waals surface area contributed by atoms with E-state index in [1.54, 1.807) is 18.7 Å². The van der Waals surface area contributed by atoms with Gasteiger partial charge in [-0.05, 0) is 19.9 Å². The summed E-state index contributed by atoms with van der Waals surface area (Å²) in [5, 5.41) is 2.80. The zero-order chi connectivity index (χ0) is 14.9. The largest absolute Gasteiger partial charge is 0.465 e. The number of anilines is 2. The van der Waals surface area contributed by atoms with Gasteiger partial charge < -0.3 is 20.7 Å². The summed E-state index contributed by atoms with van der Waals surface area (Å²) in [4.78, 5) is 29.7. The summed E-state index contributed by atoms with van der Waals surface area (Å²) in [5.74, 6) is -0.202. The van der Waals surface area contributed by atoms with Crippen molar-refractivity contribution >= 4 is 23.4 Å². The third-order valence-corrected chi connectivity index (χ3v) is 3.48. The molecular weight excluding hydrogens is 260 g/mol. The van der Waals surface area contributed by atoms with Gasteiger partial charge in [-0.2, -0.15) is 0 Å². The van der Waals surface area contributed by atoms with Gasteiger partial charge in [0.2, 0.25) is 5.91 Å². The number of carbonyl (C=O) groups excluding carboxylic acids is 2. The molecule has 108 valence electrons. The van der Waals surface area contributed by atoms with Gasteiger partial charge in [0.05, 0.1) is 18.4 Å². The summed E-state index contributed by atoms with van der Waals surface area (Å²) >= 11 is 0. The number of hydrogen-bond donors (Lipinski definition) is 2. The Balaban J connectivity index is 2.47. The quantitative estimate of drug-likeness (QED) is 0.748. The average Bonchev–Trinajstić information content (AvgIpc) is 2.42. The second-order valence-corrected chi connectivity index (χ2v) is 5.05. The molecule has 1 fully saturated rings. The first-order valence-electron chi connectivity index (χ1n) is 6.28. The first-order valence-corrected chi connectivity index (χ1v) is 6.28. The molecule has 0 unspecified atom stereocenters. The van der Waals surface area contributed by atoms with Crippen LogP contribution < -0.4 is 16.0 Å². The fourth-order valence-electron chi connectivity index (χ4n) is 2.24. The highest BCUT2D eigenvalue weighted by Crippen LogP contribution is 2.31. The first-order chi connectivity index (χ1) is 9.39. The van der Waals surface area contributed by atoms with Crippen LogP contribution in [0.2, 0.25) is 0 Å². The minimum Gasteiger partial charge on any atom is -0.465 e. The van der Waals surface area contributed by atoms with Crippen LogP contribution in [0.5, 0.6) is 0 Å². The molecule has 0 bridgehead atoms. The van der Waals surface area contributed by atoms with Crippen LogP contribution in [0.1, 0.15) is 24.2 Å². The van der Waals surface area contributed by atoms with Crippen LogP contribution in [0.15, 0.2) is 12.3 Å². The summed E-state index contributed by atoms with van der Waals surface area (Å²) < 4.78 is 4.69. The van der Waals surface area contributed by atoms with Crippen molar-refractivity contribution in [2.75, 3.05) is 30.8 Å². The van der Waals surface area contributed by atoms with Crippen molar-refractivity contribution in [2.24, 2.45) is 0 Å². The average molecular weight is 278 g/mol. The molecule has 3 N–H and O–H groups in total. The number of ether oxygens (including phenoxy) is 1. The number of piperazine rings is 1. The van der Waals surface area contributed by atoms with Crippen molar-refractivity contribution in [3.05, 3.63) is 17.8 Å². The van der Waals surface area contributed by atoms with Crippen molar-refractivity contribution in [1.82, 2.24) is 10.3 Å². The number of hydrogen-bond acceptors (Lipinski definition) is 6. The Morgan fingerprint density at radius 3 is 2.90 bits per heavy atom. The molecule has 0 radical (unpaired) electrons. The zero-order valence-electron chi connectivity index (χ0n) is 11.8. The second-order valence-electron chi connectivity index (χ2n) is 5.05. The van der Waals surface area contributed by atoms with Gasteiger partial charge in [0.15, 0.2) is 5.82 Å². The molecule has 0 atom stereocenters. The van der Waals surface area contributed by atoms with Crippen molar-refractivity contribution < 1.29 is 14.3 Å². The fourth-order valence-corrected chi connectivity index (χ4v) is 2.24. The van der Waals surface area contributed by atoms with E-state index in [-0.39, 0.29) is 17.2 Å². The lowest BCUT2D eigenvalue weighted by Crippen LogP contribution is -2.62. The number of nitrogens with two attached hydrogens (primary N) is 1. The van der Waals surface area contributed by atoms with Crippen LogP contribution in [-0.2, 0) is 9.53 Å². The highest BCUT2D eigenvalue weighted by atomic mass is 16.5. The van der Waals surface area contributed by atoms with Crippen molar-refractivity contribution in [1.29, 1.82) is 0 Å². The zero-order valence-corrected chi connectivity index (χ0v) is 11.8. The van der Waals surface area contributed by atoms with Crippen LogP contribution in [0, 0.1) is 0 Å². The molecule has 1 aliphatic rings. The molecule has 0 spiro atoms. The number of nitrogens with one attached hydrogen (secondary N) is 1. The lowest BCUT2D eigenvalue weighted by Gasteiger charge is -2.42. The van der Waals surface area contributed by atoms with Crippen LogP contribution in [-0.4, -0.2) is 42.6 Å². The molecule has 0 aliphatic carbocycles. The third-order valence-electron chi connectivity index (χ3n) is 3.48. The first kappa shape index (κ1) is 14.1. The lowest BCUT2D eigenvalue weighted by molar-refractivity contribution is -0.126. The summed E-state index contributed by atoms with van der Waals surface area (Å²) in [5.41, 5.74) is 5.71. The number of pyridine rings is 1. The Morgan fingerprint density at radius 1 is 1.55 bits per heavy atom. The van der Waals surface area contributed by atoms with Gasteiger partial charge in [0, 0.05) is 19.3 Å². The molecule has 7 heteroatoms. The summed E-state index contributed by atoms with van der Waals surface area (Å²) in [6, 6.07) is 1.50. The molecule has 1 aromatic heterocycles. The monoisotopic (exact) mass is 278 g/mol. The van der Waals surface area contributed by atoms with E-state index in [2.05, 4.69) is 15.0 Å². The number of methoxy groups -OCH3 is 1. The summed E-state index contributed by atoms with van der Waals surface area (Å²) in [7, 11) is 1.29. The topological polar surface area (TPSA) is 97.5 Å². The molecule has 20 heavy (non-hydrogen) atoms. The third kappa shape index (κ3) is 2.15. The number of esters is 1. The molecule has 1 amide bonds. The maximum absolute atomic E-state index is 12.0. The molecule has 1 aromatic rings. The number of amides is 1. The predicted molar refractivity (Wildman–Crippen MR) is 74.4 cm³/mol. The van der Waals surface area contributed by atoms with Crippen molar-refractivity contribution in [3.63, 3.8) is 0 Å². The Bertz CT molecular complexity index is 557. The molecule has 7 nitrogen and oxygen atoms in total. The van der Waals surface area contributed by atoms with E-state index >= 15 is 0 Å². The SMILES string of the molecule is COC(=O)c1ccnc(N2CCNC(=O)C2(C)C)c1N. The van der Waals surface area contributed by atoms with Gasteiger partial charge in [0.1, 0.15) is 5.54 Å². The summed E-state index contributed by atoms with van der Waals surface area (Å²) in [6.45, 7) is 4.65. The van der Waals surface area contributed by atoms with E-state index in [1.165, 1.54) is 19.4 Å². The molecule has 0 aromatic carbocycles. The van der Waals surface area contributed by atoms with E-state index in [4.69, 9.17) is 5.73 Å². The van der Waals surface area contributed by atoms with Gasteiger partial charge >= 0.3 is 5.97 Å². The van der Waals surface area contributed by atoms with Crippen molar-refractivity contribution in [2.45, 2.75) is 19.4 Å². The van der Waals surface area contributed by atoms with Crippen LogP contribution >= 0.6 is 0 Å². The molecular formula is C13H18N4O3. The maximum Gasteiger partial charge on any atom is 0.340 e. The molecule has 0 saturated carbocycles. The van der Waals surface area contributed by atoms with Crippen LogP contribution in [0.3, 0.4) is 0 Å². The highest BCUT2D eigenvalue weighted by molar-refractivity contribution is 5.99. The van der Waals surface area contributed by atoms with E-state index in [0.717, 1.165) is 0 Å². The van der Waals surface area contributed by atoms with Gasteiger partial charge in [-0.1, -0.05) is 0 Å². The Hall–Kier alpha value is -2.31. The van der Waals surface area contributed by atoms with Gasteiger partial charge in [-0.3, -0.25) is 4.79 Å². The number of nitrogens with zero attached hydrogens (tertiary/aromatic N) is 2. The van der Waals surface area contributed by atoms with E-state index in [9.17, 15) is 9.59 Å². The Labute approximate surface area is 117 Å². The number of rotatable bonds is 2.